The van der Waals surface area contributed by atoms with Gasteiger partial charge < -0.3 is 9.64 Å². The fourth-order valence-electron chi connectivity index (χ4n) is 3.02. The molecule has 0 bridgehead atoms. The van der Waals surface area contributed by atoms with Crippen molar-refractivity contribution in [1.29, 1.82) is 0 Å². The van der Waals surface area contributed by atoms with Crippen molar-refractivity contribution in [3.8, 4) is 0 Å². The molecule has 0 radical (unpaired) electrons. The second kappa shape index (κ2) is 7.18. The molecule has 2 heterocycles. The molecule has 0 aliphatic carbocycles. The molecule has 1 amide bonds. The van der Waals surface area contributed by atoms with Gasteiger partial charge in [0.2, 0.25) is 5.91 Å². The molecule has 4 nitrogen and oxygen atoms in total. The van der Waals surface area contributed by atoms with Crippen LogP contribution in [0.15, 0.2) is 18.2 Å². The highest BCUT2D eigenvalue weighted by Gasteiger charge is 2.27. The largest absolute Gasteiger partial charge is 0.370 e. The standard InChI is InChI=1S/C16H20Cl2N2O2/c17-13-4-3-12(9-14(13)18)15-10-20(7-8-22-15)16(21)11-19-5-1-2-6-19/h3-4,9,15H,1-2,5-8,10-11H2/t15-/m0/s1. The molecule has 0 spiro atoms. The maximum Gasteiger partial charge on any atom is 0.236 e. The number of hydrogen-bond acceptors (Lipinski definition) is 3. The highest BCUT2D eigenvalue weighted by Crippen LogP contribution is 2.29. The summed E-state index contributed by atoms with van der Waals surface area (Å²) in [5.74, 6) is 0.190. The average molecular weight is 343 g/mol. The van der Waals surface area contributed by atoms with Crippen LogP contribution in [0.4, 0.5) is 0 Å². The van der Waals surface area contributed by atoms with E-state index in [4.69, 9.17) is 27.9 Å². The summed E-state index contributed by atoms with van der Waals surface area (Å²) in [4.78, 5) is 16.6. The third-order valence-electron chi connectivity index (χ3n) is 4.29. The first-order valence-electron chi connectivity index (χ1n) is 7.70. The number of carbonyl (C=O) groups excluding carboxylic acids is 1. The SMILES string of the molecule is O=C(CN1CCCC1)N1CCO[C@H](c2ccc(Cl)c(Cl)c2)C1. The highest BCUT2D eigenvalue weighted by molar-refractivity contribution is 6.42. The van der Waals surface area contributed by atoms with E-state index < -0.39 is 0 Å². The van der Waals surface area contributed by atoms with Crippen molar-refractivity contribution in [2.24, 2.45) is 0 Å². The lowest BCUT2D eigenvalue weighted by molar-refractivity contribution is -0.140. The first-order valence-corrected chi connectivity index (χ1v) is 8.46. The van der Waals surface area contributed by atoms with E-state index in [1.54, 1.807) is 6.07 Å². The minimum atomic E-state index is -0.133. The lowest BCUT2D eigenvalue weighted by Crippen LogP contribution is -2.46. The lowest BCUT2D eigenvalue weighted by atomic mass is 10.1. The second-order valence-corrected chi connectivity index (χ2v) is 6.67. The molecular formula is C16H20Cl2N2O2. The van der Waals surface area contributed by atoms with Crippen LogP contribution in [0.3, 0.4) is 0 Å². The van der Waals surface area contributed by atoms with E-state index in [1.807, 2.05) is 17.0 Å². The number of halogens is 2. The predicted molar refractivity (Wildman–Crippen MR) is 87.4 cm³/mol. The van der Waals surface area contributed by atoms with Crippen LogP contribution >= 0.6 is 23.2 Å². The zero-order chi connectivity index (χ0) is 15.5. The Kier molecular flexibility index (Phi) is 5.24. The highest BCUT2D eigenvalue weighted by atomic mass is 35.5. The number of morpholine rings is 1. The Balaban J connectivity index is 1.63. The Morgan fingerprint density at radius 2 is 1.95 bits per heavy atom. The molecule has 2 aliphatic heterocycles. The van der Waals surface area contributed by atoms with Crippen LogP contribution in [0, 0.1) is 0 Å². The van der Waals surface area contributed by atoms with E-state index in [2.05, 4.69) is 4.90 Å². The van der Waals surface area contributed by atoms with E-state index in [-0.39, 0.29) is 12.0 Å². The van der Waals surface area contributed by atoms with Gasteiger partial charge in [-0.1, -0.05) is 29.3 Å². The summed E-state index contributed by atoms with van der Waals surface area (Å²) >= 11 is 12.0. The molecular weight excluding hydrogens is 323 g/mol. The number of benzene rings is 1. The maximum absolute atomic E-state index is 12.4. The van der Waals surface area contributed by atoms with E-state index in [1.165, 1.54) is 12.8 Å². The molecule has 3 rings (SSSR count). The smallest absolute Gasteiger partial charge is 0.236 e. The monoisotopic (exact) mass is 342 g/mol. The van der Waals surface area contributed by atoms with Gasteiger partial charge in [-0.3, -0.25) is 9.69 Å². The first-order chi connectivity index (χ1) is 10.6. The lowest BCUT2D eigenvalue weighted by Gasteiger charge is -2.34. The Morgan fingerprint density at radius 1 is 1.18 bits per heavy atom. The molecule has 0 saturated carbocycles. The van der Waals surface area contributed by atoms with Gasteiger partial charge in [-0.2, -0.15) is 0 Å². The molecule has 0 N–H and O–H groups in total. The van der Waals surface area contributed by atoms with Crippen LogP contribution in [-0.2, 0) is 9.53 Å². The van der Waals surface area contributed by atoms with Gasteiger partial charge in [-0.25, -0.2) is 0 Å². The van der Waals surface area contributed by atoms with E-state index in [9.17, 15) is 4.79 Å². The summed E-state index contributed by atoms with van der Waals surface area (Å²) in [6, 6.07) is 5.50. The predicted octanol–water partition coefficient (Wildman–Crippen LogP) is 2.99. The zero-order valence-electron chi connectivity index (χ0n) is 12.4. The Morgan fingerprint density at radius 3 is 2.68 bits per heavy atom. The van der Waals surface area contributed by atoms with Crippen molar-refractivity contribution >= 4 is 29.1 Å². The summed E-state index contributed by atoms with van der Waals surface area (Å²) in [6.07, 6.45) is 2.26. The average Bonchev–Trinajstić information content (AvgIpc) is 3.03. The number of likely N-dealkylation sites (tertiary alicyclic amines) is 1. The van der Waals surface area contributed by atoms with Crippen molar-refractivity contribution in [2.45, 2.75) is 18.9 Å². The van der Waals surface area contributed by atoms with Gasteiger partial charge in [0.15, 0.2) is 0 Å². The van der Waals surface area contributed by atoms with Crippen LogP contribution in [0.25, 0.3) is 0 Å². The van der Waals surface area contributed by atoms with Crippen LogP contribution in [0.5, 0.6) is 0 Å². The van der Waals surface area contributed by atoms with Gasteiger partial charge in [0, 0.05) is 6.54 Å². The maximum atomic E-state index is 12.4. The molecule has 1 atom stereocenters. The quantitative estimate of drug-likeness (QED) is 0.846. The summed E-state index contributed by atoms with van der Waals surface area (Å²) in [5.41, 5.74) is 0.966. The van der Waals surface area contributed by atoms with Gasteiger partial charge >= 0.3 is 0 Å². The summed E-state index contributed by atoms with van der Waals surface area (Å²) in [6.45, 7) is 4.37. The van der Waals surface area contributed by atoms with Crippen molar-refractivity contribution in [2.75, 3.05) is 39.3 Å². The van der Waals surface area contributed by atoms with Crippen LogP contribution < -0.4 is 0 Å². The van der Waals surface area contributed by atoms with Crippen molar-refractivity contribution in [3.05, 3.63) is 33.8 Å². The number of rotatable bonds is 3. The fraction of sp³-hybridized carbons (Fsp3) is 0.562. The van der Waals surface area contributed by atoms with E-state index in [0.717, 1.165) is 18.7 Å². The molecule has 2 saturated heterocycles. The van der Waals surface area contributed by atoms with Gasteiger partial charge in [0.1, 0.15) is 6.10 Å². The Hall–Kier alpha value is -0.810. The van der Waals surface area contributed by atoms with Gasteiger partial charge in [0.05, 0.1) is 29.7 Å². The molecule has 2 aliphatic rings. The third-order valence-corrected chi connectivity index (χ3v) is 5.03. The third kappa shape index (κ3) is 3.74. The fourth-order valence-corrected chi connectivity index (χ4v) is 3.33. The molecule has 0 aromatic heterocycles. The molecule has 120 valence electrons. The molecule has 22 heavy (non-hydrogen) atoms. The molecule has 0 unspecified atom stereocenters. The van der Waals surface area contributed by atoms with Crippen LogP contribution in [0.2, 0.25) is 10.0 Å². The zero-order valence-corrected chi connectivity index (χ0v) is 13.9. The topological polar surface area (TPSA) is 32.8 Å². The minimum absolute atomic E-state index is 0.133. The second-order valence-electron chi connectivity index (χ2n) is 5.86. The first kappa shape index (κ1) is 16.1. The van der Waals surface area contributed by atoms with Crippen LogP contribution in [0.1, 0.15) is 24.5 Å². The summed E-state index contributed by atoms with van der Waals surface area (Å²) in [7, 11) is 0. The summed E-state index contributed by atoms with van der Waals surface area (Å²) in [5, 5.41) is 1.05. The molecule has 2 fully saturated rings. The van der Waals surface area contributed by atoms with E-state index in [0.29, 0.717) is 36.3 Å². The number of hydrogen-bond donors (Lipinski definition) is 0. The van der Waals surface area contributed by atoms with Gasteiger partial charge in [0.25, 0.3) is 0 Å². The molecule has 6 heteroatoms. The van der Waals surface area contributed by atoms with Gasteiger partial charge in [-0.15, -0.1) is 0 Å². The Labute approximate surface area is 140 Å². The molecule has 1 aromatic rings. The Bertz CT molecular complexity index is 547. The number of ether oxygens (including phenoxy) is 1. The number of nitrogens with zero attached hydrogens (tertiary/aromatic N) is 2. The van der Waals surface area contributed by atoms with Gasteiger partial charge in [-0.05, 0) is 43.6 Å². The van der Waals surface area contributed by atoms with Crippen molar-refractivity contribution < 1.29 is 9.53 Å². The number of amides is 1. The van der Waals surface area contributed by atoms with E-state index >= 15 is 0 Å². The van der Waals surface area contributed by atoms with Crippen LogP contribution in [-0.4, -0.2) is 55.0 Å². The summed E-state index contributed by atoms with van der Waals surface area (Å²) < 4.78 is 5.80. The number of carbonyl (C=O) groups is 1. The molecule has 1 aromatic carbocycles. The minimum Gasteiger partial charge on any atom is -0.370 e. The normalized spacial score (nSPS) is 23.0. The van der Waals surface area contributed by atoms with Crippen molar-refractivity contribution in [1.82, 2.24) is 9.80 Å². The van der Waals surface area contributed by atoms with Crippen molar-refractivity contribution in [3.63, 3.8) is 0 Å².